The molecule has 1 aromatic carbocycles. The summed E-state index contributed by atoms with van der Waals surface area (Å²) in [4.78, 5) is 49.9. The van der Waals surface area contributed by atoms with Crippen molar-refractivity contribution >= 4 is 35.1 Å². The van der Waals surface area contributed by atoms with E-state index >= 15 is 0 Å². The van der Waals surface area contributed by atoms with Crippen LogP contribution in [0, 0.1) is 0 Å². The summed E-state index contributed by atoms with van der Waals surface area (Å²) in [6, 6.07) is 4.29. The summed E-state index contributed by atoms with van der Waals surface area (Å²) in [5.74, 6) is -4.07. The first-order valence-electron chi connectivity index (χ1n) is 8.36. The molecule has 0 radical (unpaired) electrons. The topological polar surface area (TPSA) is 142 Å². The van der Waals surface area contributed by atoms with E-state index < -0.39 is 17.8 Å². The van der Waals surface area contributed by atoms with Crippen molar-refractivity contribution < 1.29 is 29.0 Å². The van der Waals surface area contributed by atoms with Crippen LogP contribution in [-0.2, 0) is 19.1 Å². The second kappa shape index (κ2) is 9.10. The molecule has 1 saturated heterocycles. The number of primary amides is 1. The molecule has 3 amide bonds. The maximum absolute atomic E-state index is 12.2. The number of ether oxygens (including phenoxy) is 1. The Morgan fingerprint density at radius 3 is 2.48 bits per heavy atom. The lowest BCUT2D eigenvalue weighted by Gasteiger charge is -2.30. The number of benzene rings is 1. The fraction of sp³-hybridized carbons (Fsp3) is 0.412. The number of nitrogens with two attached hydrogens (primary N) is 1. The third kappa shape index (κ3) is 5.25. The van der Waals surface area contributed by atoms with Crippen molar-refractivity contribution in [3.05, 3.63) is 23.8 Å². The van der Waals surface area contributed by atoms with E-state index in [0.29, 0.717) is 19.8 Å². The number of nitrogens with one attached hydrogen (secondary N) is 1. The van der Waals surface area contributed by atoms with Crippen LogP contribution in [0.5, 0.6) is 0 Å². The van der Waals surface area contributed by atoms with Crippen LogP contribution in [0.4, 0.5) is 11.4 Å². The fourth-order valence-corrected chi connectivity index (χ4v) is 2.79. The van der Waals surface area contributed by atoms with Crippen LogP contribution in [0.15, 0.2) is 18.2 Å². The largest absolute Gasteiger partial charge is 0.478 e. The number of hydrogen-bond donors (Lipinski definition) is 3. The van der Waals surface area contributed by atoms with Gasteiger partial charge in [0.2, 0.25) is 5.91 Å². The first kappa shape index (κ1) is 20.3. The van der Waals surface area contributed by atoms with Gasteiger partial charge in [-0.1, -0.05) is 6.07 Å². The summed E-state index contributed by atoms with van der Waals surface area (Å²) in [7, 11) is 0. The number of carboxylic acid groups (broad SMARTS) is 1. The summed E-state index contributed by atoms with van der Waals surface area (Å²) >= 11 is 0. The molecule has 0 spiro atoms. The Hall–Kier alpha value is -2.98. The van der Waals surface area contributed by atoms with Crippen molar-refractivity contribution in [2.75, 3.05) is 49.6 Å². The maximum atomic E-state index is 12.2. The van der Waals surface area contributed by atoms with Gasteiger partial charge in [-0.25, -0.2) is 4.79 Å². The van der Waals surface area contributed by atoms with Crippen LogP contribution in [0.1, 0.15) is 17.3 Å². The van der Waals surface area contributed by atoms with Crippen LogP contribution in [0.2, 0.25) is 0 Å². The zero-order valence-electron chi connectivity index (χ0n) is 14.9. The number of carbonyl (C=O) groups excluding carboxylic acids is 3. The zero-order chi connectivity index (χ0) is 20.0. The van der Waals surface area contributed by atoms with Gasteiger partial charge in [-0.2, -0.15) is 0 Å². The Labute approximate surface area is 155 Å². The standard InChI is InChI=1S/C17H22N4O6/c1-11(22)21(6-5-20-7-9-27-10-8-20)13-4-2-3-12(14(13)17(25)26)19-16(24)15(18)23/h2-4H,5-10H2,1H3,(H2,18,23)(H,19,24)(H,25,26). The average Bonchev–Trinajstić information content (AvgIpc) is 2.62. The number of hydrogen-bond acceptors (Lipinski definition) is 6. The van der Waals surface area contributed by atoms with Crippen LogP contribution in [0.25, 0.3) is 0 Å². The second-order valence-corrected chi connectivity index (χ2v) is 5.95. The van der Waals surface area contributed by atoms with Gasteiger partial charge < -0.3 is 25.8 Å². The van der Waals surface area contributed by atoms with Crippen molar-refractivity contribution in [3.63, 3.8) is 0 Å². The highest BCUT2D eigenvalue weighted by Crippen LogP contribution is 2.28. The van der Waals surface area contributed by atoms with Gasteiger partial charge in [-0.3, -0.25) is 19.3 Å². The first-order chi connectivity index (χ1) is 12.8. The lowest BCUT2D eigenvalue weighted by Crippen LogP contribution is -2.43. The van der Waals surface area contributed by atoms with Gasteiger partial charge in [-0.15, -0.1) is 0 Å². The Morgan fingerprint density at radius 2 is 1.93 bits per heavy atom. The quantitative estimate of drug-likeness (QED) is 0.566. The van der Waals surface area contributed by atoms with E-state index in [1.54, 1.807) is 0 Å². The number of amides is 3. The third-order valence-corrected chi connectivity index (χ3v) is 4.14. The maximum Gasteiger partial charge on any atom is 0.339 e. The Bertz CT molecular complexity index is 745. The van der Waals surface area contributed by atoms with Crippen molar-refractivity contribution in [1.82, 2.24) is 4.90 Å². The lowest BCUT2D eigenvalue weighted by atomic mass is 10.1. The molecule has 27 heavy (non-hydrogen) atoms. The average molecular weight is 378 g/mol. The van der Waals surface area contributed by atoms with E-state index in [0.717, 1.165) is 13.1 Å². The molecule has 0 aromatic heterocycles. The number of carbonyl (C=O) groups is 4. The summed E-state index contributed by atoms with van der Waals surface area (Å²) in [6.07, 6.45) is 0. The van der Waals surface area contributed by atoms with Crippen LogP contribution in [0.3, 0.4) is 0 Å². The van der Waals surface area contributed by atoms with Gasteiger partial charge in [0.05, 0.1) is 24.6 Å². The highest BCUT2D eigenvalue weighted by Gasteiger charge is 2.24. The highest BCUT2D eigenvalue weighted by atomic mass is 16.5. The summed E-state index contributed by atoms with van der Waals surface area (Å²) in [6.45, 7) is 4.81. The molecule has 0 atom stereocenters. The molecule has 10 heteroatoms. The summed E-state index contributed by atoms with van der Waals surface area (Å²) < 4.78 is 5.28. The monoisotopic (exact) mass is 378 g/mol. The van der Waals surface area contributed by atoms with Crippen LogP contribution < -0.4 is 16.0 Å². The second-order valence-electron chi connectivity index (χ2n) is 5.95. The normalized spacial score (nSPS) is 14.4. The molecular formula is C17H22N4O6. The van der Waals surface area contributed by atoms with E-state index in [-0.39, 0.29) is 29.4 Å². The van der Waals surface area contributed by atoms with E-state index in [1.165, 1.54) is 30.0 Å². The lowest BCUT2D eigenvalue weighted by molar-refractivity contribution is -0.134. The SMILES string of the molecule is CC(=O)N(CCN1CCOCC1)c1cccc(NC(=O)C(N)=O)c1C(=O)O. The van der Waals surface area contributed by atoms with Crippen molar-refractivity contribution in [1.29, 1.82) is 0 Å². The van der Waals surface area contributed by atoms with Crippen molar-refractivity contribution in [3.8, 4) is 0 Å². The zero-order valence-corrected chi connectivity index (χ0v) is 14.9. The Morgan fingerprint density at radius 1 is 1.26 bits per heavy atom. The summed E-state index contributed by atoms with van der Waals surface area (Å²) in [5, 5.41) is 11.8. The van der Waals surface area contributed by atoms with Gasteiger partial charge in [0, 0.05) is 33.1 Å². The van der Waals surface area contributed by atoms with E-state index in [2.05, 4.69) is 10.2 Å². The molecule has 0 bridgehead atoms. The van der Waals surface area contributed by atoms with E-state index in [1.807, 2.05) is 0 Å². The fourth-order valence-electron chi connectivity index (χ4n) is 2.79. The molecule has 1 fully saturated rings. The Kier molecular flexibility index (Phi) is 6.85. The molecule has 2 rings (SSSR count). The van der Waals surface area contributed by atoms with Crippen molar-refractivity contribution in [2.45, 2.75) is 6.92 Å². The summed E-state index contributed by atoms with van der Waals surface area (Å²) in [5.41, 5.74) is 4.64. The molecule has 1 heterocycles. The van der Waals surface area contributed by atoms with E-state index in [4.69, 9.17) is 10.5 Å². The minimum Gasteiger partial charge on any atom is -0.478 e. The predicted octanol–water partition coefficient (Wildman–Crippen LogP) is -0.506. The molecule has 0 saturated carbocycles. The molecule has 0 unspecified atom stereocenters. The molecule has 1 aliphatic heterocycles. The minimum absolute atomic E-state index is 0.110. The van der Waals surface area contributed by atoms with Gasteiger partial charge in [-0.05, 0) is 12.1 Å². The highest BCUT2D eigenvalue weighted by molar-refractivity contribution is 6.39. The van der Waals surface area contributed by atoms with Gasteiger partial charge in [0.1, 0.15) is 5.56 Å². The van der Waals surface area contributed by atoms with E-state index in [9.17, 15) is 24.3 Å². The van der Waals surface area contributed by atoms with Crippen LogP contribution in [-0.4, -0.2) is 73.1 Å². The smallest absolute Gasteiger partial charge is 0.339 e. The Balaban J connectivity index is 2.31. The van der Waals surface area contributed by atoms with Gasteiger partial charge in [0.25, 0.3) is 0 Å². The number of carboxylic acids is 1. The number of aromatic carboxylic acids is 1. The molecule has 146 valence electrons. The van der Waals surface area contributed by atoms with Crippen molar-refractivity contribution in [2.24, 2.45) is 5.73 Å². The molecule has 0 aliphatic carbocycles. The molecular weight excluding hydrogens is 356 g/mol. The number of rotatable bonds is 6. The molecule has 10 nitrogen and oxygen atoms in total. The predicted molar refractivity (Wildman–Crippen MR) is 96.5 cm³/mol. The number of morpholine rings is 1. The first-order valence-corrected chi connectivity index (χ1v) is 8.36. The van der Waals surface area contributed by atoms with Gasteiger partial charge >= 0.3 is 17.8 Å². The third-order valence-electron chi connectivity index (χ3n) is 4.14. The van der Waals surface area contributed by atoms with Crippen LogP contribution >= 0.6 is 0 Å². The minimum atomic E-state index is -1.34. The molecule has 1 aliphatic rings. The number of anilines is 2. The number of nitrogens with zero attached hydrogens (tertiary/aromatic N) is 2. The molecule has 1 aromatic rings. The molecule has 4 N–H and O–H groups in total. The van der Waals surface area contributed by atoms with Gasteiger partial charge in [0.15, 0.2) is 0 Å².